The number of rotatable bonds is 16. The van der Waals surface area contributed by atoms with Gasteiger partial charge in [-0.1, -0.05) is 80.7 Å². The molecule has 0 aliphatic carbocycles. The maximum Gasteiger partial charge on any atom is 0.372 e. The minimum Gasteiger partial charge on any atom is -0.475 e. The van der Waals surface area contributed by atoms with Crippen molar-refractivity contribution in [3.63, 3.8) is 0 Å². The van der Waals surface area contributed by atoms with E-state index in [9.17, 15) is 9.59 Å². The fourth-order valence-electron chi connectivity index (χ4n) is 2.09. The van der Waals surface area contributed by atoms with Crippen molar-refractivity contribution in [2.45, 2.75) is 57.8 Å². The van der Waals surface area contributed by atoms with E-state index in [2.05, 4.69) is 11.0 Å². The zero-order valence-corrected chi connectivity index (χ0v) is 14.8. The molecule has 0 bridgehead atoms. The van der Waals surface area contributed by atoms with Gasteiger partial charge >= 0.3 is 5.97 Å². The van der Waals surface area contributed by atoms with Crippen molar-refractivity contribution in [2.24, 2.45) is 0 Å². The summed E-state index contributed by atoms with van der Waals surface area (Å²) in [5.74, 6) is -2.20. The van der Waals surface area contributed by atoms with Crippen molar-refractivity contribution < 1.29 is 24.8 Å². The van der Waals surface area contributed by atoms with E-state index in [-0.39, 0.29) is 6.42 Å². The molecule has 0 heterocycles. The van der Waals surface area contributed by atoms with Gasteiger partial charge in [0, 0.05) is 6.42 Å². The molecule has 0 atom stereocenters. The largest absolute Gasteiger partial charge is 0.475 e. The normalized spacial score (nSPS) is 12.2. The van der Waals surface area contributed by atoms with E-state index in [1.807, 2.05) is 24.3 Å². The zero-order valence-electron chi connectivity index (χ0n) is 14.8. The van der Waals surface area contributed by atoms with E-state index in [1.54, 1.807) is 12.2 Å². The van der Waals surface area contributed by atoms with Crippen LogP contribution in [0.1, 0.15) is 57.8 Å². The van der Waals surface area contributed by atoms with Crippen molar-refractivity contribution in [3.8, 4) is 0 Å². The van der Waals surface area contributed by atoms with Crippen LogP contribution >= 0.6 is 0 Å². The smallest absolute Gasteiger partial charge is 0.372 e. The van der Waals surface area contributed by atoms with Crippen LogP contribution in [0.3, 0.4) is 0 Å². The lowest BCUT2D eigenvalue weighted by Gasteiger charge is -2.00. The van der Waals surface area contributed by atoms with E-state index >= 15 is 0 Å². The molecule has 0 rings (SSSR count). The van der Waals surface area contributed by atoms with E-state index < -0.39 is 11.8 Å². The standard InChI is InChI=1S/C20H30O5/c21-19(20(22)23)17-15-13-11-9-7-5-3-1-2-4-6-8-10-12-14-16-18-25-24/h1,3,5,7,9,11,13,15,24H,2,4,6,8,10,12,14,16-18H2,(H,22,23). The maximum absolute atomic E-state index is 10.8. The van der Waals surface area contributed by atoms with Gasteiger partial charge in [0.15, 0.2) is 0 Å². The molecule has 5 heteroatoms. The van der Waals surface area contributed by atoms with E-state index in [1.165, 1.54) is 38.2 Å². The monoisotopic (exact) mass is 350 g/mol. The lowest BCUT2D eigenvalue weighted by molar-refractivity contribution is -0.242. The predicted molar refractivity (Wildman–Crippen MR) is 99.3 cm³/mol. The molecule has 0 amide bonds. The van der Waals surface area contributed by atoms with Gasteiger partial charge in [-0.2, -0.15) is 0 Å². The summed E-state index contributed by atoms with van der Waals surface area (Å²) in [4.78, 5) is 25.1. The Labute approximate surface area is 150 Å². The minimum absolute atomic E-state index is 0.0830. The van der Waals surface area contributed by atoms with Crippen molar-refractivity contribution in [2.75, 3.05) is 6.61 Å². The van der Waals surface area contributed by atoms with Crippen molar-refractivity contribution in [3.05, 3.63) is 48.6 Å². The molecule has 0 aromatic heterocycles. The van der Waals surface area contributed by atoms with Crippen LogP contribution in [0.5, 0.6) is 0 Å². The summed E-state index contributed by atoms with van der Waals surface area (Å²) >= 11 is 0. The average molecular weight is 350 g/mol. The fraction of sp³-hybridized carbons (Fsp3) is 0.500. The van der Waals surface area contributed by atoms with Crippen molar-refractivity contribution >= 4 is 11.8 Å². The van der Waals surface area contributed by atoms with Gasteiger partial charge in [0.2, 0.25) is 5.78 Å². The number of aliphatic carboxylic acids is 1. The van der Waals surface area contributed by atoms with Crippen LogP contribution in [0.25, 0.3) is 0 Å². The Hall–Kier alpha value is -1.98. The van der Waals surface area contributed by atoms with Gasteiger partial charge in [-0.25, -0.2) is 9.68 Å². The van der Waals surface area contributed by atoms with Crippen molar-refractivity contribution in [1.29, 1.82) is 0 Å². The van der Waals surface area contributed by atoms with Gasteiger partial charge in [0.25, 0.3) is 0 Å². The van der Waals surface area contributed by atoms with Crippen molar-refractivity contribution in [1.82, 2.24) is 0 Å². The molecule has 0 aromatic rings. The van der Waals surface area contributed by atoms with Gasteiger partial charge in [-0.05, 0) is 19.3 Å². The molecule has 0 unspecified atom stereocenters. The highest BCUT2D eigenvalue weighted by Crippen LogP contribution is 2.08. The SMILES string of the molecule is O=C(O)C(=O)CC=CC=CC=CC=CCCCCCCCCCOO. The number of allylic oxidation sites excluding steroid dienone is 8. The van der Waals surface area contributed by atoms with Gasteiger partial charge in [0.1, 0.15) is 0 Å². The number of unbranched alkanes of at least 4 members (excludes halogenated alkanes) is 7. The molecule has 0 saturated heterocycles. The quantitative estimate of drug-likeness (QED) is 0.136. The molecule has 25 heavy (non-hydrogen) atoms. The summed E-state index contributed by atoms with van der Waals surface area (Å²) < 4.78 is 0. The van der Waals surface area contributed by atoms with Crippen LogP contribution < -0.4 is 0 Å². The molecule has 0 aromatic carbocycles. The molecule has 0 aliphatic heterocycles. The second-order valence-electron chi connectivity index (χ2n) is 5.66. The first kappa shape index (κ1) is 23.0. The number of carbonyl (C=O) groups excluding carboxylic acids is 1. The molecule has 0 fully saturated rings. The Kier molecular flexibility index (Phi) is 16.9. The molecular weight excluding hydrogens is 320 g/mol. The average Bonchev–Trinajstić information content (AvgIpc) is 2.60. The molecule has 0 radical (unpaired) electrons. The third-order valence-corrected chi connectivity index (χ3v) is 3.48. The predicted octanol–water partition coefficient (Wildman–Crippen LogP) is 4.87. The van der Waals surface area contributed by atoms with E-state index in [4.69, 9.17) is 10.4 Å². The summed E-state index contributed by atoms with van der Waals surface area (Å²) in [6.07, 6.45) is 23.9. The van der Waals surface area contributed by atoms with Crippen LogP contribution in [-0.2, 0) is 14.5 Å². The number of carboxylic acid groups (broad SMARTS) is 1. The minimum atomic E-state index is -1.40. The van der Waals surface area contributed by atoms with Crippen LogP contribution in [-0.4, -0.2) is 28.7 Å². The molecule has 2 N–H and O–H groups in total. The summed E-state index contributed by atoms with van der Waals surface area (Å²) in [6, 6.07) is 0. The molecule has 5 nitrogen and oxygen atoms in total. The third-order valence-electron chi connectivity index (χ3n) is 3.48. The van der Waals surface area contributed by atoms with Crippen LogP contribution in [0.15, 0.2) is 48.6 Å². The summed E-state index contributed by atoms with van der Waals surface area (Å²) in [7, 11) is 0. The topological polar surface area (TPSA) is 83.8 Å². The molecule has 0 spiro atoms. The number of hydrogen-bond donors (Lipinski definition) is 2. The second kappa shape index (κ2) is 18.4. The Morgan fingerprint density at radius 1 is 0.720 bits per heavy atom. The van der Waals surface area contributed by atoms with E-state index in [0.29, 0.717) is 6.61 Å². The van der Waals surface area contributed by atoms with Crippen LogP contribution in [0.2, 0.25) is 0 Å². The zero-order chi connectivity index (χ0) is 18.6. The molecule has 0 saturated carbocycles. The highest BCUT2D eigenvalue weighted by atomic mass is 17.1. The lowest BCUT2D eigenvalue weighted by atomic mass is 10.1. The fourth-order valence-corrected chi connectivity index (χ4v) is 2.09. The molecule has 0 aliphatic rings. The van der Waals surface area contributed by atoms with Gasteiger partial charge in [0.05, 0.1) is 6.61 Å². The number of hydrogen-bond acceptors (Lipinski definition) is 4. The number of ketones is 1. The van der Waals surface area contributed by atoms with Crippen LogP contribution in [0.4, 0.5) is 0 Å². The first-order valence-electron chi connectivity index (χ1n) is 8.86. The summed E-state index contributed by atoms with van der Waals surface area (Å²) in [6.45, 7) is 0.439. The Morgan fingerprint density at radius 2 is 1.24 bits per heavy atom. The Bertz CT molecular complexity index is 461. The first-order valence-corrected chi connectivity index (χ1v) is 8.86. The number of carboxylic acids is 1. The lowest BCUT2D eigenvalue weighted by Crippen LogP contribution is -2.10. The molecule has 140 valence electrons. The Balaban J connectivity index is 3.48. The van der Waals surface area contributed by atoms with Crippen LogP contribution in [0, 0.1) is 0 Å². The first-order chi connectivity index (χ1) is 12.2. The van der Waals surface area contributed by atoms with Gasteiger partial charge < -0.3 is 5.11 Å². The van der Waals surface area contributed by atoms with Gasteiger partial charge in [-0.15, -0.1) is 0 Å². The third kappa shape index (κ3) is 18.2. The highest BCUT2D eigenvalue weighted by molar-refractivity contribution is 6.33. The second-order valence-corrected chi connectivity index (χ2v) is 5.66. The highest BCUT2D eigenvalue weighted by Gasteiger charge is 2.07. The number of carbonyl (C=O) groups is 2. The number of Topliss-reactive ketones (excluding diaryl/α,β-unsaturated/α-hetero) is 1. The molecular formula is C20H30O5. The summed E-state index contributed by atoms with van der Waals surface area (Å²) in [5, 5.41) is 16.6. The maximum atomic E-state index is 10.8. The summed E-state index contributed by atoms with van der Waals surface area (Å²) in [5.41, 5.74) is 0. The van der Waals surface area contributed by atoms with Gasteiger partial charge in [-0.3, -0.25) is 10.1 Å². The Morgan fingerprint density at radius 3 is 1.84 bits per heavy atom. The van der Waals surface area contributed by atoms with E-state index in [0.717, 1.165) is 19.3 Å².